The van der Waals surface area contributed by atoms with Crippen molar-refractivity contribution >= 4 is 6.08 Å². The average molecular weight is 432 g/mol. The Morgan fingerprint density at radius 2 is 1.78 bits per heavy atom. The topological polar surface area (TPSA) is 21.3 Å². The third kappa shape index (κ3) is 9.43. The Balaban J connectivity index is 3.01. The zero-order chi connectivity index (χ0) is 23.8. The van der Waals surface area contributed by atoms with Crippen LogP contribution in [0.3, 0.4) is 0 Å². The van der Waals surface area contributed by atoms with Crippen molar-refractivity contribution in [2.75, 3.05) is 13.7 Å². The van der Waals surface area contributed by atoms with Gasteiger partial charge in [0.25, 0.3) is 0 Å². The van der Waals surface area contributed by atoms with Crippen molar-refractivity contribution in [1.29, 1.82) is 0 Å². The number of benzene rings is 1. The molecule has 0 amide bonds. The summed E-state index contributed by atoms with van der Waals surface area (Å²) in [5.74, 6) is 1.35. The summed E-state index contributed by atoms with van der Waals surface area (Å²) in [6, 6.07) is 10.4. The van der Waals surface area contributed by atoms with Gasteiger partial charge in [0, 0.05) is 12.2 Å². The highest BCUT2D eigenvalue weighted by atomic mass is 16.5. The van der Waals surface area contributed by atoms with E-state index in [0.717, 1.165) is 25.1 Å². The molecule has 1 aromatic rings. The molecule has 2 atom stereocenters. The first-order chi connectivity index (χ1) is 15.5. The summed E-state index contributed by atoms with van der Waals surface area (Å²) in [6.45, 7) is 17.4. The number of methoxy groups -OCH3 is 1. The summed E-state index contributed by atoms with van der Waals surface area (Å²) in [7, 11) is 1.71. The van der Waals surface area contributed by atoms with Crippen LogP contribution >= 0.6 is 0 Å². The Morgan fingerprint density at radius 3 is 2.34 bits per heavy atom. The molecule has 0 saturated carbocycles. The van der Waals surface area contributed by atoms with Crippen molar-refractivity contribution in [3.63, 3.8) is 0 Å². The van der Waals surface area contributed by atoms with Gasteiger partial charge in [0.15, 0.2) is 0 Å². The largest absolute Gasteiger partial charge is 0.497 e. The van der Waals surface area contributed by atoms with Gasteiger partial charge in [-0.15, -0.1) is 0 Å². The smallest absolute Gasteiger partial charge is 0.118 e. The van der Waals surface area contributed by atoms with Gasteiger partial charge in [0.2, 0.25) is 0 Å². The van der Waals surface area contributed by atoms with Crippen molar-refractivity contribution in [2.45, 2.75) is 40.5 Å². The first kappa shape index (κ1) is 27.0. The van der Waals surface area contributed by atoms with Crippen molar-refractivity contribution in [3.05, 3.63) is 114 Å². The molecular formula is C30H41NO. The summed E-state index contributed by atoms with van der Waals surface area (Å²) in [4.78, 5) is 0. The van der Waals surface area contributed by atoms with E-state index in [1.807, 2.05) is 37.3 Å². The second-order valence-corrected chi connectivity index (χ2v) is 7.77. The molecule has 172 valence electrons. The van der Waals surface area contributed by atoms with E-state index in [9.17, 15) is 0 Å². The minimum Gasteiger partial charge on any atom is -0.497 e. The molecule has 0 aliphatic rings. The van der Waals surface area contributed by atoms with Gasteiger partial charge in [-0.1, -0.05) is 101 Å². The Kier molecular flexibility index (Phi) is 13.3. The fourth-order valence-electron chi connectivity index (χ4n) is 3.56. The Bertz CT molecular complexity index is 852. The van der Waals surface area contributed by atoms with E-state index in [4.69, 9.17) is 4.74 Å². The number of allylic oxidation sites excluding steroid dienone is 9. The molecule has 32 heavy (non-hydrogen) atoms. The molecular weight excluding hydrogens is 390 g/mol. The van der Waals surface area contributed by atoms with Gasteiger partial charge in [-0.25, -0.2) is 0 Å². The molecule has 0 spiro atoms. The van der Waals surface area contributed by atoms with E-state index in [0.29, 0.717) is 5.92 Å². The van der Waals surface area contributed by atoms with Crippen LogP contribution in [0.5, 0.6) is 0 Å². The van der Waals surface area contributed by atoms with Crippen LogP contribution in [0.4, 0.5) is 0 Å². The van der Waals surface area contributed by atoms with Crippen LogP contribution in [0.15, 0.2) is 109 Å². The number of hydrogen-bond acceptors (Lipinski definition) is 2. The maximum Gasteiger partial charge on any atom is 0.118 e. The van der Waals surface area contributed by atoms with Crippen LogP contribution in [0.2, 0.25) is 0 Å². The lowest BCUT2D eigenvalue weighted by Crippen LogP contribution is -2.17. The minimum absolute atomic E-state index is 0.207. The molecule has 1 N–H and O–H groups in total. The lowest BCUT2D eigenvalue weighted by Gasteiger charge is -2.20. The summed E-state index contributed by atoms with van der Waals surface area (Å²) >= 11 is 0. The highest BCUT2D eigenvalue weighted by Crippen LogP contribution is 2.25. The first-order valence-electron chi connectivity index (χ1n) is 11.5. The average Bonchev–Trinajstić information content (AvgIpc) is 2.81. The fraction of sp³-hybridized carbons (Fsp3) is 0.333. The summed E-state index contributed by atoms with van der Waals surface area (Å²) < 4.78 is 5.66. The fourth-order valence-corrected chi connectivity index (χ4v) is 3.56. The van der Waals surface area contributed by atoms with E-state index >= 15 is 0 Å². The first-order valence-corrected chi connectivity index (χ1v) is 11.5. The molecule has 0 radical (unpaired) electrons. The Hall–Kier alpha value is -3.00. The third-order valence-electron chi connectivity index (χ3n) is 5.45. The molecule has 0 aliphatic heterocycles. The number of nitrogens with one attached hydrogen (secondary N) is 1. The van der Waals surface area contributed by atoms with Gasteiger partial charge >= 0.3 is 0 Å². The maximum atomic E-state index is 5.66. The maximum absolute atomic E-state index is 5.66. The molecule has 0 saturated heterocycles. The van der Waals surface area contributed by atoms with Gasteiger partial charge in [0.1, 0.15) is 5.76 Å². The van der Waals surface area contributed by atoms with Gasteiger partial charge in [-0.3, -0.25) is 0 Å². The molecule has 2 unspecified atom stereocenters. The van der Waals surface area contributed by atoms with E-state index in [1.54, 1.807) is 7.11 Å². The van der Waals surface area contributed by atoms with Gasteiger partial charge in [-0.05, 0) is 60.5 Å². The normalized spacial score (nSPS) is 15.4. The quantitative estimate of drug-likeness (QED) is 0.238. The zero-order valence-corrected chi connectivity index (χ0v) is 20.6. The third-order valence-corrected chi connectivity index (χ3v) is 5.45. The predicted molar refractivity (Wildman–Crippen MR) is 142 cm³/mol. The van der Waals surface area contributed by atoms with E-state index < -0.39 is 0 Å². The highest BCUT2D eigenvalue weighted by Gasteiger charge is 2.14. The monoisotopic (exact) mass is 431 g/mol. The minimum atomic E-state index is 0.207. The SMILES string of the molecule is C=C/C(OC)=C(\CCN/C(=C\c1ccccc1)CC)C(C)/C=C(\C=C)C(C)/C=C\C=C/C. The standard InChI is InChI=1S/C30H41NO/c1-8-12-14-17-24(5)27(9-2)22-25(6)29(30(11-4)32-7)20-21-31-28(10-3)23-26-18-15-13-16-19-26/h8-9,11-19,22-25,31H,2,4,10,20-21H2,1,3,5-7H3/b12-8-,17-14-,27-22+,28-23-,30-29-. The molecule has 1 aromatic carbocycles. The molecule has 0 aliphatic carbocycles. The molecule has 0 fully saturated rings. The number of hydrogen-bond donors (Lipinski definition) is 1. The lowest BCUT2D eigenvalue weighted by atomic mass is 9.90. The summed E-state index contributed by atoms with van der Waals surface area (Å²) in [5.41, 5.74) is 4.88. The van der Waals surface area contributed by atoms with Gasteiger partial charge < -0.3 is 10.1 Å². The van der Waals surface area contributed by atoms with Crippen LogP contribution in [0.25, 0.3) is 6.08 Å². The summed E-state index contributed by atoms with van der Waals surface area (Å²) in [6.07, 6.45) is 18.4. The molecule has 0 aromatic heterocycles. The molecule has 0 bridgehead atoms. The predicted octanol–water partition coefficient (Wildman–Crippen LogP) is 8.02. The van der Waals surface area contributed by atoms with Crippen LogP contribution in [-0.2, 0) is 4.74 Å². The van der Waals surface area contributed by atoms with Crippen LogP contribution in [0.1, 0.15) is 46.1 Å². The van der Waals surface area contributed by atoms with E-state index in [2.05, 4.69) is 87.8 Å². The van der Waals surface area contributed by atoms with Crippen molar-refractivity contribution in [3.8, 4) is 0 Å². The second-order valence-electron chi connectivity index (χ2n) is 7.77. The van der Waals surface area contributed by atoms with Crippen LogP contribution in [0, 0.1) is 11.8 Å². The molecule has 1 rings (SSSR count). The van der Waals surface area contributed by atoms with E-state index in [1.165, 1.54) is 22.4 Å². The van der Waals surface area contributed by atoms with Crippen molar-refractivity contribution in [1.82, 2.24) is 5.32 Å². The van der Waals surface area contributed by atoms with Gasteiger partial charge in [-0.2, -0.15) is 0 Å². The number of ether oxygens (including phenoxy) is 1. The van der Waals surface area contributed by atoms with E-state index in [-0.39, 0.29) is 5.92 Å². The summed E-state index contributed by atoms with van der Waals surface area (Å²) in [5, 5.41) is 3.61. The van der Waals surface area contributed by atoms with Crippen LogP contribution in [-0.4, -0.2) is 13.7 Å². The Morgan fingerprint density at radius 1 is 1.06 bits per heavy atom. The van der Waals surface area contributed by atoms with Gasteiger partial charge in [0.05, 0.1) is 7.11 Å². The Labute approximate surface area is 196 Å². The van der Waals surface area contributed by atoms with Crippen molar-refractivity contribution in [2.24, 2.45) is 11.8 Å². The second kappa shape index (κ2) is 15.8. The van der Waals surface area contributed by atoms with Crippen molar-refractivity contribution < 1.29 is 4.74 Å². The molecule has 0 heterocycles. The lowest BCUT2D eigenvalue weighted by molar-refractivity contribution is 0.297. The molecule has 2 heteroatoms. The van der Waals surface area contributed by atoms with Crippen LogP contribution < -0.4 is 5.32 Å². The zero-order valence-electron chi connectivity index (χ0n) is 20.6. The highest BCUT2D eigenvalue weighted by molar-refractivity contribution is 5.52. The molecule has 2 nitrogen and oxygen atoms in total. The number of rotatable bonds is 14.